The van der Waals surface area contributed by atoms with Crippen LogP contribution in [0.2, 0.25) is 5.02 Å². The number of rotatable bonds is 5. The fraction of sp³-hybridized carbons (Fsp3) is 0.462. The topological polar surface area (TPSA) is 47.6 Å². The van der Waals surface area contributed by atoms with Crippen molar-refractivity contribution in [3.05, 3.63) is 29.3 Å². The van der Waals surface area contributed by atoms with Crippen molar-refractivity contribution in [3.8, 4) is 5.75 Å². The van der Waals surface area contributed by atoms with Gasteiger partial charge in [0.25, 0.3) is 0 Å². The lowest BCUT2D eigenvalue weighted by Gasteiger charge is -2.11. The first-order valence-corrected chi connectivity index (χ1v) is 6.41. The minimum atomic E-state index is -0.281. The summed E-state index contributed by atoms with van der Waals surface area (Å²) in [7, 11) is 0. The molecule has 1 aliphatic heterocycles. The third-order valence-electron chi connectivity index (χ3n) is 2.69. The third kappa shape index (κ3) is 3.89. The van der Waals surface area contributed by atoms with Crippen LogP contribution in [0.1, 0.15) is 12.8 Å². The molecule has 0 saturated carbocycles. The SMILES string of the molecule is O=C(NCCOc1cccc(Cl)c1)[C@@H]1CCCO1. The van der Waals surface area contributed by atoms with Crippen LogP contribution in [0.5, 0.6) is 5.75 Å². The molecular formula is C13H16ClNO3. The quantitative estimate of drug-likeness (QED) is 0.832. The van der Waals surface area contributed by atoms with E-state index in [0.29, 0.717) is 30.5 Å². The Morgan fingerprint density at radius 3 is 3.17 bits per heavy atom. The molecule has 18 heavy (non-hydrogen) atoms. The highest BCUT2D eigenvalue weighted by Crippen LogP contribution is 2.16. The van der Waals surface area contributed by atoms with Gasteiger partial charge in [0.05, 0.1) is 6.54 Å². The number of benzene rings is 1. The lowest BCUT2D eigenvalue weighted by molar-refractivity contribution is -0.130. The fourth-order valence-corrected chi connectivity index (χ4v) is 1.98. The second-order valence-electron chi connectivity index (χ2n) is 4.10. The van der Waals surface area contributed by atoms with Gasteiger partial charge in [0.15, 0.2) is 0 Å². The molecule has 0 bridgehead atoms. The Balaban J connectivity index is 1.65. The molecule has 1 N–H and O–H groups in total. The van der Waals surface area contributed by atoms with Crippen molar-refractivity contribution in [2.75, 3.05) is 19.8 Å². The van der Waals surface area contributed by atoms with Gasteiger partial charge < -0.3 is 14.8 Å². The second kappa shape index (κ2) is 6.61. The van der Waals surface area contributed by atoms with Gasteiger partial charge in [-0.3, -0.25) is 4.79 Å². The Kier molecular flexibility index (Phi) is 4.84. The number of hydrogen-bond acceptors (Lipinski definition) is 3. The molecule has 0 aliphatic carbocycles. The molecule has 0 aromatic heterocycles. The van der Waals surface area contributed by atoms with Crippen LogP contribution in [0.25, 0.3) is 0 Å². The van der Waals surface area contributed by atoms with Crippen LogP contribution in [0.15, 0.2) is 24.3 Å². The lowest BCUT2D eigenvalue weighted by Crippen LogP contribution is -2.36. The van der Waals surface area contributed by atoms with Crippen LogP contribution in [0.3, 0.4) is 0 Å². The van der Waals surface area contributed by atoms with Crippen molar-refractivity contribution >= 4 is 17.5 Å². The second-order valence-corrected chi connectivity index (χ2v) is 4.53. The van der Waals surface area contributed by atoms with E-state index in [1.165, 1.54) is 0 Å². The van der Waals surface area contributed by atoms with Crippen LogP contribution in [0, 0.1) is 0 Å². The largest absolute Gasteiger partial charge is 0.492 e. The molecule has 0 unspecified atom stereocenters. The number of amides is 1. The summed E-state index contributed by atoms with van der Waals surface area (Å²) in [4.78, 5) is 11.6. The Labute approximate surface area is 111 Å². The van der Waals surface area contributed by atoms with E-state index in [4.69, 9.17) is 21.1 Å². The maximum absolute atomic E-state index is 11.6. The van der Waals surface area contributed by atoms with Crippen molar-refractivity contribution in [1.29, 1.82) is 0 Å². The molecule has 1 aromatic carbocycles. The van der Waals surface area contributed by atoms with Crippen molar-refractivity contribution in [2.24, 2.45) is 0 Å². The van der Waals surface area contributed by atoms with Gasteiger partial charge in [0.1, 0.15) is 18.5 Å². The average molecular weight is 270 g/mol. The van der Waals surface area contributed by atoms with E-state index < -0.39 is 0 Å². The molecule has 1 aromatic rings. The summed E-state index contributed by atoms with van der Waals surface area (Å²) in [5.41, 5.74) is 0. The standard InChI is InChI=1S/C13H16ClNO3/c14-10-3-1-4-11(9-10)17-8-6-15-13(16)12-5-2-7-18-12/h1,3-4,9,12H,2,5-8H2,(H,15,16)/t12-/m0/s1. The van der Waals surface area contributed by atoms with Gasteiger partial charge in [-0.15, -0.1) is 0 Å². The number of carbonyl (C=O) groups excluding carboxylic acids is 1. The van der Waals surface area contributed by atoms with Crippen LogP contribution in [-0.2, 0) is 9.53 Å². The van der Waals surface area contributed by atoms with E-state index >= 15 is 0 Å². The van der Waals surface area contributed by atoms with E-state index in [1.807, 2.05) is 12.1 Å². The molecule has 0 radical (unpaired) electrons. The molecule has 5 heteroatoms. The first-order valence-electron chi connectivity index (χ1n) is 6.03. The van der Waals surface area contributed by atoms with E-state index in [0.717, 1.165) is 12.8 Å². The molecule has 98 valence electrons. The average Bonchev–Trinajstić information content (AvgIpc) is 2.88. The molecule has 0 spiro atoms. The normalized spacial score (nSPS) is 18.6. The molecular weight excluding hydrogens is 254 g/mol. The van der Waals surface area contributed by atoms with Gasteiger partial charge in [0.2, 0.25) is 5.91 Å². The Morgan fingerprint density at radius 1 is 1.56 bits per heavy atom. The molecule has 4 nitrogen and oxygen atoms in total. The predicted octanol–water partition coefficient (Wildman–Crippen LogP) is 2.01. The first-order chi connectivity index (χ1) is 8.75. The number of carbonyl (C=O) groups is 1. The van der Waals surface area contributed by atoms with Gasteiger partial charge in [-0.05, 0) is 31.0 Å². The zero-order valence-electron chi connectivity index (χ0n) is 10.0. The fourth-order valence-electron chi connectivity index (χ4n) is 1.80. The van der Waals surface area contributed by atoms with Crippen LogP contribution >= 0.6 is 11.6 Å². The van der Waals surface area contributed by atoms with Crippen molar-refractivity contribution in [2.45, 2.75) is 18.9 Å². The van der Waals surface area contributed by atoms with Crippen molar-refractivity contribution in [1.82, 2.24) is 5.32 Å². The predicted molar refractivity (Wildman–Crippen MR) is 68.9 cm³/mol. The maximum atomic E-state index is 11.6. The van der Waals surface area contributed by atoms with Gasteiger partial charge in [-0.1, -0.05) is 17.7 Å². The summed E-state index contributed by atoms with van der Waals surface area (Å²) >= 11 is 5.83. The van der Waals surface area contributed by atoms with Crippen LogP contribution < -0.4 is 10.1 Å². The molecule has 1 aliphatic rings. The van der Waals surface area contributed by atoms with Crippen molar-refractivity contribution in [3.63, 3.8) is 0 Å². The summed E-state index contributed by atoms with van der Waals surface area (Å²) in [6.07, 6.45) is 1.48. The minimum absolute atomic E-state index is 0.0535. The maximum Gasteiger partial charge on any atom is 0.249 e. The molecule has 1 atom stereocenters. The minimum Gasteiger partial charge on any atom is -0.492 e. The van der Waals surface area contributed by atoms with E-state index in [1.54, 1.807) is 12.1 Å². The summed E-state index contributed by atoms with van der Waals surface area (Å²) in [6.45, 7) is 1.56. The van der Waals surface area contributed by atoms with Crippen LogP contribution in [-0.4, -0.2) is 31.8 Å². The molecule has 1 heterocycles. The van der Waals surface area contributed by atoms with Crippen LogP contribution in [0.4, 0.5) is 0 Å². The number of ether oxygens (including phenoxy) is 2. The van der Waals surface area contributed by atoms with Gasteiger partial charge in [-0.25, -0.2) is 0 Å². The summed E-state index contributed by atoms with van der Waals surface area (Å²) < 4.78 is 10.7. The Bertz CT molecular complexity index is 405. The highest BCUT2D eigenvalue weighted by Gasteiger charge is 2.22. The number of nitrogens with one attached hydrogen (secondary N) is 1. The van der Waals surface area contributed by atoms with Gasteiger partial charge >= 0.3 is 0 Å². The van der Waals surface area contributed by atoms with Crippen molar-refractivity contribution < 1.29 is 14.3 Å². The zero-order valence-corrected chi connectivity index (χ0v) is 10.8. The molecule has 2 rings (SSSR count). The monoisotopic (exact) mass is 269 g/mol. The number of halogens is 1. The van der Waals surface area contributed by atoms with E-state index in [-0.39, 0.29) is 12.0 Å². The first kappa shape index (κ1) is 13.2. The lowest BCUT2D eigenvalue weighted by atomic mass is 10.2. The summed E-state index contributed by atoms with van der Waals surface area (Å²) in [5.74, 6) is 0.649. The number of hydrogen-bond donors (Lipinski definition) is 1. The Morgan fingerprint density at radius 2 is 2.44 bits per heavy atom. The summed E-state index contributed by atoms with van der Waals surface area (Å²) in [5, 5.41) is 3.42. The molecule has 1 saturated heterocycles. The van der Waals surface area contributed by atoms with Gasteiger partial charge in [-0.2, -0.15) is 0 Å². The Hall–Kier alpha value is -1.26. The third-order valence-corrected chi connectivity index (χ3v) is 2.92. The van der Waals surface area contributed by atoms with E-state index in [2.05, 4.69) is 5.32 Å². The van der Waals surface area contributed by atoms with Gasteiger partial charge in [0, 0.05) is 11.6 Å². The summed E-state index contributed by atoms with van der Waals surface area (Å²) in [6, 6.07) is 7.17. The van der Waals surface area contributed by atoms with E-state index in [9.17, 15) is 4.79 Å². The highest BCUT2D eigenvalue weighted by atomic mass is 35.5. The zero-order chi connectivity index (χ0) is 12.8. The highest BCUT2D eigenvalue weighted by molar-refractivity contribution is 6.30. The molecule has 1 fully saturated rings. The molecule has 1 amide bonds. The smallest absolute Gasteiger partial charge is 0.249 e.